The Labute approximate surface area is 128 Å². The Bertz CT molecular complexity index is 460. The number of likely N-dealkylation sites (N-methyl/N-ethyl adjacent to an activating group) is 1. The smallest absolute Gasteiger partial charge is 0.134 e. The number of nitrogens with zero attached hydrogens (tertiary/aromatic N) is 3. The number of nitrogens with one attached hydrogen (secondary N) is 2. The Morgan fingerprint density at radius 1 is 1.24 bits per heavy atom. The molecule has 0 aliphatic carbocycles. The van der Waals surface area contributed by atoms with E-state index in [-0.39, 0.29) is 0 Å². The van der Waals surface area contributed by atoms with E-state index in [0.29, 0.717) is 13.1 Å². The normalized spacial score (nSPS) is 14.1. The molecule has 1 unspecified atom stereocenters. The summed E-state index contributed by atoms with van der Waals surface area (Å²) >= 11 is 0. The number of rotatable bonds is 8. The van der Waals surface area contributed by atoms with Crippen molar-refractivity contribution in [2.45, 2.75) is 39.2 Å². The average Bonchev–Trinajstić information content (AvgIpc) is 2.37. The third kappa shape index (κ3) is 5.47. The van der Waals surface area contributed by atoms with Gasteiger partial charge in [-0.1, -0.05) is 6.92 Å². The molecule has 0 aliphatic heterocycles. The van der Waals surface area contributed by atoms with Crippen LogP contribution in [0.4, 0.5) is 11.6 Å². The Morgan fingerprint density at radius 3 is 2.38 bits per heavy atom. The standard InChI is InChI=1S/C15H29N5O/c1-7-8-12-18-13(16-4)11(2)14(19-12)17-9-15(3,21)10-20(5)6/h21H,7-10H2,1-6H3,(H2,16,17,18,19). The largest absolute Gasteiger partial charge is 0.387 e. The van der Waals surface area contributed by atoms with Gasteiger partial charge in [-0.3, -0.25) is 0 Å². The minimum atomic E-state index is -0.814. The number of aliphatic hydroxyl groups is 1. The summed E-state index contributed by atoms with van der Waals surface area (Å²) < 4.78 is 0. The van der Waals surface area contributed by atoms with Gasteiger partial charge in [-0.2, -0.15) is 0 Å². The fourth-order valence-electron chi connectivity index (χ4n) is 2.33. The predicted molar refractivity (Wildman–Crippen MR) is 88.0 cm³/mol. The third-order valence-electron chi connectivity index (χ3n) is 3.20. The van der Waals surface area contributed by atoms with Crippen LogP contribution in [0.25, 0.3) is 0 Å². The highest BCUT2D eigenvalue weighted by molar-refractivity contribution is 5.57. The molecule has 0 aromatic carbocycles. The molecule has 3 N–H and O–H groups in total. The molecule has 0 fully saturated rings. The number of anilines is 2. The van der Waals surface area contributed by atoms with Gasteiger partial charge in [-0.25, -0.2) is 9.97 Å². The van der Waals surface area contributed by atoms with Gasteiger partial charge in [0.15, 0.2) is 0 Å². The molecule has 6 heteroatoms. The minimum absolute atomic E-state index is 0.442. The molecule has 0 bridgehead atoms. The zero-order valence-corrected chi connectivity index (χ0v) is 14.1. The summed E-state index contributed by atoms with van der Waals surface area (Å²) in [5, 5.41) is 16.7. The second kappa shape index (κ2) is 7.56. The molecule has 21 heavy (non-hydrogen) atoms. The maximum absolute atomic E-state index is 10.4. The molecule has 6 nitrogen and oxygen atoms in total. The van der Waals surface area contributed by atoms with E-state index in [4.69, 9.17) is 0 Å². The lowest BCUT2D eigenvalue weighted by molar-refractivity contribution is 0.0459. The first kappa shape index (κ1) is 17.7. The molecular weight excluding hydrogens is 266 g/mol. The average molecular weight is 295 g/mol. The molecule has 1 aromatic rings. The number of hydrogen-bond donors (Lipinski definition) is 3. The summed E-state index contributed by atoms with van der Waals surface area (Å²) in [6.45, 7) is 6.94. The van der Waals surface area contributed by atoms with E-state index in [0.717, 1.165) is 35.9 Å². The molecule has 1 aromatic heterocycles. The van der Waals surface area contributed by atoms with E-state index in [1.165, 1.54) is 0 Å². The lowest BCUT2D eigenvalue weighted by Gasteiger charge is -2.27. The molecule has 0 aliphatic rings. The van der Waals surface area contributed by atoms with Crippen LogP contribution in [-0.2, 0) is 6.42 Å². The molecule has 1 rings (SSSR count). The van der Waals surface area contributed by atoms with Gasteiger partial charge in [-0.15, -0.1) is 0 Å². The number of aryl methyl sites for hydroxylation is 1. The van der Waals surface area contributed by atoms with E-state index >= 15 is 0 Å². The van der Waals surface area contributed by atoms with Crippen LogP contribution in [0.2, 0.25) is 0 Å². The van der Waals surface area contributed by atoms with Gasteiger partial charge in [0, 0.05) is 32.1 Å². The van der Waals surface area contributed by atoms with Gasteiger partial charge in [-0.05, 0) is 34.4 Å². The summed E-state index contributed by atoms with van der Waals surface area (Å²) in [5.74, 6) is 2.45. The van der Waals surface area contributed by atoms with Crippen LogP contribution >= 0.6 is 0 Å². The second-order valence-corrected chi connectivity index (χ2v) is 6.05. The van der Waals surface area contributed by atoms with Gasteiger partial charge >= 0.3 is 0 Å². The van der Waals surface area contributed by atoms with Crippen molar-refractivity contribution < 1.29 is 5.11 Å². The molecule has 0 amide bonds. The van der Waals surface area contributed by atoms with Crippen LogP contribution in [0.5, 0.6) is 0 Å². The van der Waals surface area contributed by atoms with Gasteiger partial charge in [0.05, 0.1) is 5.60 Å². The van der Waals surface area contributed by atoms with Gasteiger partial charge in [0.2, 0.25) is 0 Å². The van der Waals surface area contributed by atoms with Crippen molar-refractivity contribution in [2.75, 3.05) is 44.9 Å². The van der Waals surface area contributed by atoms with Crippen molar-refractivity contribution in [3.05, 3.63) is 11.4 Å². The van der Waals surface area contributed by atoms with Crippen molar-refractivity contribution in [3.63, 3.8) is 0 Å². The molecular formula is C15H29N5O. The molecule has 0 radical (unpaired) electrons. The van der Waals surface area contributed by atoms with Crippen LogP contribution in [0.1, 0.15) is 31.7 Å². The first-order valence-electron chi connectivity index (χ1n) is 7.45. The van der Waals surface area contributed by atoms with Gasteiger partial charge in [0.1, 0.15) is 17.5 Å². The summed E-state index contributed by atoms with van der Waals surface area (Å²) in [6.07, 6.45) is 1.85. The van der Waals surface area contributed by atoms with E-state index in [9.17, 15) is 5.11 Å². The Balaban J connectivity index is 2.89. The Hall–Kier alpha value is -1.40. The van der Waals surface area contributed by atoms with Crippen molar-refractivity contribution in [1.82, 2.24) is 14.9 Å². The second-order valence-electron chi connectivity index (χ2n) is 6.05. The lowest BCUT2D eigenvalue weighted by atomic mass is 10.1. The fourth-order valence-corrected chi connectivity index (χ4v) is 2.33. The van der Waals surface area contributed by atoms with Crippen molar-refractivity contribution in [1.29, 1.82) is 0 Å². The maximum Gasteiger partial charge on any atom is 0.134 e. The SMILES string of the molecule is CCCc1nc(NC)c(C)c(NCC(C)(O)CN(C)C)n1. The van der Waals surface area contributed by atoms with E-state index in [2.05, 4.69) is 27.5 Å². The van der Waals surface area contributed by atoms with Crippen LogP contribution in [-0.4, -0.2) is 59.8 Å². The first-order chi connectivity index (χ1) is 9.79. The summed E-state index contributed by atoms with van der Waals surface area (Å²) in [6, 6.07) is 0. The Morgan fingerprint density at radius 2 is 1.86 bits per heavy atom. The van der Waals surface area contributed by atoms with Crippen LogP contribution in [0, 0.1) is 6.92 Å². The minimum Gasteiger partial charge on any atom is -0.387 e. The van der Waals surface area contributed by atoms with Gasteiger partial charge < -0.3 is 20.6 Å². The predicted octanol–water partition coefficient (Wildman–Crippen LogP) is 1.50. The topological polar surface area (TPSA) is 73.3 Å². The van der Waals surface area contributed by atoms with Crippen LogP contribution in [0.3, 0.4) is 0 Å². The molecule has 120 valence electrons. The summed E-state index contributed by atoms with van der Waals surface area (Å²) in [7, 11) is 5.75. The molecule has 0 saturated heterocycles. The van der Waals surface area contributed by atoms with Crippen molar-refractivity contribution >= 4 is 11.6 Å². The summed E-state index contributed by atoms with van der Waals surface area (Å²) in [4.78, 5) is 11.0. The summed E-state index contributed by atoms with van der Waals surface area (Å²) in [5.41, 5.74) is 0.157. The fraction of sp³-hybridized carbons (Fsp3) is 0.733. The van der Waals surface area contributed by atoms with E-state index < -0.39 is 5.60 Å². The van der Waals surface area contributed by atoms with Crippen LogP contribution < -0.4 is 10.6 Å². The molecule has 0 saturated carbocycles. The van der Waals surface area contributed by atoms with Crippen LogP contribution in [0.15, 0.2) is 0 Å². The first-order valence-corrected chi connectivity index (χ1v) is 7.45. The van der Waals surface area contributed by atoms with E-state index in [1.54, 1.807) is 0 Å². The quantitative estimate of drug-likeness (QED) is 0.675. The van der Waals surface area contributed by atoms with E-state index in [1.807, 2.05) is 39.9 Å². The maximum atomic E-state index is 10.4. The molecule has 1 heterocycles. The van der Waals surface area contributed by atoms with Crippen molar-refractivity contribution in [3.8, 4) is 0 Å². The highest BCUT2D eigenvalue weighted by atomic mass is 16.3. The molecule has 0 spiro atoms. The number of aromatic nitrogens is 2. The number of hydrogen-bond acceptors (Lipinski definition) is 6. The third-order valence-corrected chi connectivity index (χ3v) is 3.20. The lowest BCUT2D eigenvalue weighted by Crippen LogP contribution is -2.43. The van der Waals surface area contributed by atoms with Gasteiger partial charge in [0.25, 0.3) is 0 Å². The highest BCUT2D eigenvalue weighted by Crippen LogP contribution is 2.21. The van der Waals surface area contributed by atoms with Crippen molar-refractivity contribution in [2.24, 2.45) is 0 Å². The Kier molecular flexibility index (Phi) is 6.36. The monoisotopic (exact) mass is 295 g/mol. The zero-order valence-electron chi connectivity index (χ0n) is 14.1. The molecule has 1 atom stereocenters. The zero-order chi connectivity index (χ0) is 16.0. The highest BCUT2D eigenvalue weighted by Gasteiger charge is 2.22.